The Labute approximate surface area is 101 Å². The Bertz CT molecular complexity index is 304. The van der Waals surface area contributed by atoms with Crippen LogP contribution in [0.5, 0.6) is 0 Å². The number of carbonyl (C=O) groups is 2. The Balaban J connectivity index is 4.30. The van der Waals surface area contributed by atoms with E-state index in [1.54, 1.807) is 0 Å². The number of amides is 1. The van der Waals surface area contributed by atoms with Crippen molar-refractivity contribution in [3.8, 4) is 0 Å². The van der Waals surface area contributed by atoms with Crippen molar-refractivity contribution in [2.75, 3.05) is 18.6 Å². The van der Waals surface area contributed by atoms with Crippen LogP contribution >= 0.6 is 11.8 Å². The Morgan fingerprint density at radius 3 is 2.12 bits per heavy atom. The van der Waals surface area contributed by atoms with E-state index in [1.807, 2.05) is 0 Å². The van der Waals surface area contributed by atoms with Crippen molar-refractivity contribution >= 4 is 23.6 Å². The third kappa shape index (κ3) is 5.29. The van der Waals surface area contributed by atoms with E-state index in [-0.39, 0.29) is 0 Å². The van der Waals surface area contributed by atoms with Crippen LogP contribution in [0.15, 0.2) is 0 Å². The van der Waals surface area contributed by atoms with Crippen LogP contribution < -0.4 is 0 Å². The van der Waals surface area contributed by atoms with Gasteiger partial charge >= 0.3 is 12.1 Å². The van der Waals surface area contributed by atoms with Gasteiger partial charge in [0, 0.05) is 7.05 Å². The first-order valence-electron chi connectivity index (χ1n) is 4.63. The molecule has 100 valence electrons. The summed E-state index contributed by atoms with van der Waals surface area (Å²) in [5.41, 5.74) is -1.43. The molecule has 17 heavy (non-hydrogen) atoms. The molecule has 0 bridgehead atoms. The number of carbonyl (C=O) groups excluding carboxylic acids is 1. The summed E-state index contributed by atoms with van der Waals surface area (Å²) < 4.78 is 35.5. The molecule has 0 aliphatic carbocycles. The number of likely N-dealkylation sites (N-methyl/N-ethyl adjacent to an activating group) is 1. The molecule has 0 aliphatic heterocycles. The predicted molar refractivity (Wildman–Crippen MR) is 57.9 cm³/mol. The van der Waals surface area contributed by atoms with Gasteiger partial charge in [-0.2, -0.15) is 13.2 Å². The van der Waals surface area contributed by atoms with Gasteiger partial charge in [-0.15, -0.1) is 11.8 Å². The van der Waals surface area contributed by atoms with E-state index >= 15 is 0 Å². The molecule has 0 aromatic heterocycles. The van der Waals surface area contributed by atoms with Gasteiger partial charge in [0.25, 0.3) is 0 Å². The van der Waals surface area contributed by atoms with Crippen molar-refractivity contribution in [2.45, 2.75) is 25.6 Å². The maximum absolute atomic E-state index is 11.8. The molecule has 0 unspecified atom stereocenters. The fraction of sp³-hybridized carbons (Fsp3) is 0.778. The second-order valence-electron chi connectivity index (χ2n) is 3.92. The summed E-state index contributed by atoms with van der Waals surface area (Å²) in [6.07, 6.45) is -4.33. The van der Waals surface area contributed by atoms with Crippen molar-refractivity contribution < 1.29 is 27.9 Å². The van der Waals surface area contributed by atoms with Crippen molar-refractivity contribution in [1.82, 2.24) is 4.90 Å². The Morgan fingerprint density at radius 1 is 1.29 bits per heavy atom. The lowest BCUT2D eigenvalue weighted by Gasteiger charge is -2.31. The van der Waals surface area contributed by atoms with Crippen molar-refractivity contribution in [3.05, 3.63) is 0 Å². The molecule has 0 rings (SSSR count). The monoisotopic (exact) mass is 273 g/mol. The summed E-state index contributed by atoms with van der Waals surface area (Å²) in [6, 6.07) is 0. The van der Waals surface area contributed by atoms with Crippen LogP contribution in [0.4, 0.5) is 13.2 Å². The van der Waals surface area contributed by atoms with Crippen LogP contribution in [-0.2, 0) is 9.59 Å². The van der Waals surface area contributed by atoms with Gasteiger partial charge in [0.2, 0.25) is 5.91 Å². The summed E-state index contributed by atoms with van der Waals surface area (Å²) in [7, 11) is 1.25. The van der Waals surface area contributed by atoms with E-state index in [4.69, 9.17) is 5.11 Å². The van der Waals surface area contributed by atoms with E-state index in [0.29, 0.717) is 11.8 Å². The first-order chi connectivity index (χ1) is 7.48. The molecule has 4 nitrogen and oxygen atoms in total. The van der Waals surface area contributed by atoms with E-state index in [2.05, 4.69) is 0 Å². The third-order valence-corrected chi connectivity index (χ3v) is 3.21. The zero-order chi connectivity index (χ0) is 13.9. The van der Waals surface area contributed by atoms with Gasteiger partial charge in [-0.25, -0.2) is 4.79 Å². The predicted octanol–water partition coefficient (Wildman–Crippen LogP) is 1.60. The lowest BCUT2D eigenvalue weighted by molar-refractivity contribution is -0.154. The van der Waals surface area contributed by atoms with Crippen LogP contribution in [0.3, 0.4) is 0 Å². The van der Waals surface area contributed by atoms with E-state index in [1.165, 1.54) is 20.9 Å². The average molecular weight is 273 g/mol. The Morgan fingerprint density at radius 2 is 1.76 bits per heavy atom. The second kappa shape index (κ2) is 5.61. The summed E-state index contributed by atoms with van der Waals surface area (Å²) >= 11 is 0.415. The summed E-state index contributed by atoms with van der Waals surface area (Å²) in [5.74, 6) is -3.38. The fourth-order valence-electron chi connectivity index (χ4n) is 0.806. The number of halogens is 3. The molecule has 0 fully saturated rings. The number of carboxylic acids is 1. The number of nitrogens with zero attached hydrogens (tertiary/aromatic N) is 1. The number of thioether (sulfide) groups is 1. The molecule has 0 spiro atoms. The van der Waals surface area contributed by atoms with Crippen LogP contribution in [0.25, 0.3) is 0 Å². The molecule has 0 aromatic carbocycles. The highest BCUT2D eigenvalue weighted by atomic mass is 32.2. The lowest BCUT2D eigenvalue weighted by Crippen LogP contribution is -2.51. The van der Waals surface area contributed by atoms with Crippen LogP contribution in [0, 0.1) is 0 Å². The second-order valence-corrected chi connectivity index (χ2v) is 4.91. The van der Waals surface area contributed by atoms with E-state index in [0.717, 1.165) is 4.90 Å². The third-order valence-electron chi connectivity index (χ3n) is 2.23. The number of carboxylic acid groups (broad SMARTS) is 1. The Hall–Kier alpha value is -0.920. The quantitative estimate of drug-likeness (QED) is 0.826. The van der Waals surface area contributed by atoms with Crippen molar-refractivity contribution in [2.24, 2.45) is 0 Å². The van der Waals surface area contributed by atoms with E-state index in [9.17, 15) is 22.8 Å². The smallest absolute Gasteiger partial charge is 0.397 e. The molecule has 1 amide bonds. The minimum atomic E-state index is -4.33. The molecule has 0 radical (unpaired) electrons. The number of rotatable bonds is 5. The number of hydrogen-bond acceptors (Lipinski definition) is 3. The zero-order valence-corrected chi connectivity index (χ0v) is 10.5. The highest BCUT2D eigenvalue weighted by molar-refractivity contribution is 8.00. The van der Waals surface area contributed by atoms with Gasteiger partial charge in [0.05, 0.1) is 11.5 Å². The largest absolute Gasteiger partial charge is 0.480 e. The number of hydrogen-bond donors (Lipinski definition) is 1. The standard InChI is InChI=1S/C9H14F3NO3S/c1-8(2,7(15)16)13(3)6(14)4-17-5-9(10,11)12/h4-5H2,1-3H3,(H,15,16). The molecule has 0 aromatic rings. The number of alkyl halides is 3. The minimum absolute atomic E-state index is 0.396. The molecule has 1 N–H and O–H groups in total. The topological polar surface area (TPSA) is 57.6 Å². The minimum Gasteiger partial charge on any atom is -0.480 e. The summed E-state index contributed by atoms with van der Waals surface area (Å²) in [5, 5.41) is 8.83. The average Bonchev–Trinajstić information content (AvgIpc) is 2.13. The molecule has 0 aliphatic rings. The van der Waals surface area contributed by atoms with Crippen molar-refractivity contribution in [1.29, 1.82) is 0 Å². The Kier molecular flexibility index (Phi) is 5.31. The maximum Gasteiger partial charge on any atom is 0.397 e. The molecule has 0 heterocycles. The first kappa shape index (κ1) is 16.1. The zero-order valence-electron chi connectivity index (χ0n) is 9.67. The SMILES string of the molecule is CN(C(=O)CSCC(F)(F)F)C(C)(C)C(=O)O. The van der Waals surface area contributed by atoms with Crippen LogP contribution in [-0.4, -0.2) is 52.2 Å². The van der Waals surface area contributed by atoms with Gasteiger partial charge in [-0.3, -0.25) is 4.79 Å². The summed E-state index contributed by atoms with van der Waals surface area (Å²) in [6.45, 7) is 2.61. The highest BCUT2D eigenvalue weighted by Gasteiger charge is 2.35. The van der Waals surface area contributed by atoms with Gasteiger partial charge in [0.15, 0.2) is 0 Å². The van der Waals surface area contributed by atoms with E-state index < -0.39 is 35.1 Å². The molecule has 0 saturated carbocycles. The number of aliphatic carboxylic acids is 1. The molecule has 8 heteroatoms. The molecular weight excluding hydrogens is 259 g/mol. The van der Waals surface area contributed by atoms with Gasteiger partial charge in [-0.05, 0) is 13.8 Å². The molecule has 0 saturated heterocycles. The fourth-order valence-corrected chi connectivity index (χ4v) is 1.51. The molecular formula is C9H14F3NO3S. The lowest BCUT2D eigenvalue weighted by atomic mass is 10.0. The van der Waals surface area contributed by atoms with Gasteiger partial charge in [0.1, 0.15) is 5.54 Å². The normalized spacial score (nSPS) is 12.4. The maximum atomic E-state index is 11.8. The van der Waals surface area contributed by atoms with Gasteiger partial charge < -0.3 is 10.0 Å². The first-order valence-corrected chi connectivity index (χ1v) is 5.78. The summed E-state index contributed by atoms with van der Waals surface area (Å²) in [4.78, 5) is 23.2. The van der Waals surface area contributed by atoms with Crippen LogP contribution in [0.2, 0.25) is 0 Å². The van der Waals surface area contributed by atoms with Crippen molar-refractivity contribution in [3.63, 3.8) is 0 Å². The van der Waals surface area contributed by atoms with Crippen LogP contribution in [0.1, 0.15) is 13.8 Å². The van der Waals surface area contributed by atoms with Gasteiger partial charge in [-0.1, -0.05) is 0 Å². The molecule has 0 atom stereocenters. The highest BCUT2D eigenvalue weighted by Crippen LogP contribution is 2.22.